The first-order valence-corrected chi connectivity index (χ1v) is 11.6. The van der Waals surface area contributed by atoms with Crippen LogP contribution in [0, 0.1) is 20.8 Å². The molecule has 1 N–H and O–H groups in total. The second-order valence-corrected chi connectivity index (χ2v) is 8.97. The molecule has 7 heteroatoms. The molecule has 0 unspecified atom stereocenters. The Labute approximate surface area is 196 Å². The number of nitrogens with one attached hydrogen (secondary N) is 1. The van der Waals surface area contributed by atoms with Gasteiger partial charge in [-0.15, -0.1) is 10.2 Å². The summed E-state index contributed by atoms with van der Waals surface area (Å²) in [4.78, 5) is 12.7. The lowest BCUT2D eigenvalue weighted by Gasteiger charge is -2.12. The molecule has 0 spiro atoms. The maximum absolute atomic E-state index is 12.7. The van der Waals surface area contributed by atoms with Gasteiger partial charge in [0.15, 0.2) is 11.0 Å². The summed E-state index contributed by atoms with van der Waals surface area (Å²) in [6.45, 7) is 6.02. The van der Waals surface area contributed by atoms with Gasteiger partial charge in [-0.3, -0.25) is 9.36 Å². The van der Waals surface area contributed by atoms with E-state index in [1.807, 2.05) is 92.1 Å². The third-order valence-electron chi connectivity index (χ3n) is 5.11. The van der Waals surface area contributed by atoms with Gasteiger partial charge in [-0.1, -0.05) is 59.3 Å². The molecule has 0 aliphatic heterocycles. The number of benzene rings is 3. The summed E-state index contributed by atoms with van der Waals surface area (Å²) in [6, 6.07) is 21.6. The van der Waals surface area contributed by atoms with Crippen molar-refractivity contribution < 1.29 is 4.79 Å². The average Bonchev–Trinajstić information content (AvgIpc) is 3.20. The number of amides is 1. The first kappa shape index (κ1) is 22.1. The number of hydrogen-bond donors (Lipinski definition) is 1. The Morgan fingerprint density at radius 2 is 1.59 bits per heavy atom. The standard InChI is InChI=1S/C25H23ClN4OS/c1-16-7-13-21(14-8-16)30-24(19-9-11-20(26)12-10-19)28-29-25(30)32-15-22(31)27-23-17(2)5-4-6-18(23)3/h4-14H,15H2,1-3H3,(H,27,31). The van der Waals surface area contributed by atoms with Gasteiger partial charge in [0.05, 0.1) is 5.75 Å². The fourth-order valence-corrected chi connectivity index (χ4v) is 4.27. The van der Waals surface area contributed by atoms with E-state index in [4.69, 9.17) is 11.6 Å². The fourth-order valence-electron chi connectivity index (χ4n) is 3.39. The molecule has 1 amide bonds. The molecule has 1 heterocycles. The van der Waals surface area contributed by atoms with E-state index in [2.05, 4.69) is 15.5 Å². The predicted octanol–water partition coefficient (Wildman–Crippen LogP) is 6.24. The van der Waals surface area contributed by atoms with E-state index in [9.17, 15) is 4.79 Å². The Kier molecular flexibility index (Phi) is 6.63. The molecule has 0 saturated heterocycles. The molecular weight excluding hydrogens is 440 g/mol. The first-order valence-electron chi connectivity index (χ1n) is 10.2. The van der Waals surface area contributed by atoms with E-state index < -0.39 is 0 Å². The largest absolute Gasteiger partial charge is 0.325 e. The quantitative estimate of drug-likeness (QED) is 0.344. The minimum Gasteiger partial charge on any atom is -0.325 e. The summed E-state index contributed by atoms with van der Waals surface area (Å²) in [5, 5.41) is 13.2. The van der Waals surface area contributed by atoms with Crippen LogP contribution in [0.4, 0.5) is 5.69 Å². The molecule has 4 aromatic rings. The van der Waals surface area contributed by atoms with E-state index in [0.717, 1.165) is 33.6 Å². The number of aromatic nitrogens is 3. The van der Waals surface area contributed by atoms with Gasteiger partial charge in [-0.2, -0.15) is 0 Å². The average molecular weight is 463 g/mol. The van der Waals surface area contributed by atoms with Crippen molar-refractivity contribution in [2.45, 2.75) is 25.9 Å². The minimum absolute atomic E-state index is 0.0844. The van der Waals surface area contributed by atoms with Crippen LogP contribution in [0.1, 0.15) is 16.7 Å². The van der Waals surface area contributed by atoms with Crippen LogP contribution in [0.3, 0.4) is 0 Å². The lowest BCUT2D eigenvalue weighted by atomic mass is 10.1. The van der Waals surface area contributed by atoms with Gasteiger partial charge in [-0.05, 0) is 68.3 Å². The van der Waals surface area contributed by atoms with Crippen molar-refractivity contribution in [2.75, 3.05) is 11.1 Å². The highest BCUT2D eigenvalue weighted by Crippen LogP contribution is 2.29. The summed E-state index contributed by atoms with van der Waals surface area (Å²) in [5.74, 6) is 0.834. The molecule has 0 bridgehead atoms. The summed E-state index contributed by atoms with van der Waals surface area (Å²) in [7, 11) is 0. The van der Waals surface area contributed by atoms with Crippen LogP contribution in [0.2, 0.25) is 5.02 Å². The third kappa shape index (κ3) is 4.87. The van der Waals surface area contributed by atoms with Crippen molar-refractivity contribution in [2.24, 2.45) is 0 Å². The second kappa shape index (κ2) is 9.59. The Balaban J connectivity index is 1.61. The van der Waals surface area contributed by atoms with Crippen LogP contribution in [0.15, 0.2) is 71.9 Å². The van der Waals surface area contributed by atoms with Crippen LogP contribution >= 0.6 is 23.4 Å². The fraction of sp³-hybridized carbons (Fsp3) is 0.160. The molecule has 1 aromatic heterocycles. The van der Waals surface area contributed by atoms with E-state index in [-0.39, 0.29) is 11.7 Å². The third-order valence-corrected chi connectivity index (χ3v) is 6.29. The molecule has 0 aliphatic carbocycles. The number of carbonyl (C=O) groups excluding carboxylic acids is 1. The van der Waals surface area contributed by atoms with Crippen molar-refractivity contribution >= 4 is 35.0 Å². The van der Waals surface area contributed by atoms with Gasteiger partial charge < -0.3 is 5.32 Å². The summed E-state index contributed by atoms with van der Waals surface area (Å²) < 4.78 is 1.97. The minimum atomic E-state index is -0.0844. The van der Waals surface area contributed by atoms with Crippen LogP contribution in [-0.2, 0) is 4.79 Å². The number of para-hydroxylation sites is 1. The normalized spacial score (nSPS) is 10.9. The molecule has 0 saturated carbocycles. The highest BCUT2D eigenvalue weighted by Gasteiger charge is 2.18. The van der Waals surface area contributed by atoms with Crippen LogP contribution in [-0.4, -0.2) is 26.4 Å². The Bertz CT molecular complexity index is 1230. The van der Waals surface area contributed by atoms with E-state index in [1.165, 1.54) is 11.8 Å². The summed E-state index contributed by atoms with van der Waals surface area (Å²) >= 11 is 7.42. The molecule has 162 valence electrons. The number of anilines is 1. The molecule has 32 heavy (non-hydrogen) atoms. The van der Waals surface area contributed by atoms with Crippen molar-refractivity contribution in [3.05, 3.63) is 88.4 Å². The Morgan fingerprint density at radius 1 is 0.938 bits per heavy atom. The maximum atomic E-state index is 12.7. The molecule has 4 rings (SSSR count). The number of hydrogen-bond acceptors (Lipinski definition) is 4. The van der Waals surface area contributed by atoms with Crippen molar-refractivity contribution in [1.82, 2.24) is 14.8 Å². The summed E-state index contributed by atoms with van der Waals surface area (Å²) in [6.07, 6.45) is 0. The lowest BCUT2D eigenvalue weighted by Crippen LogP contribution is -2.16. The van der Waals surface area contributed by atoms with Gasteiger partial charge in [0.2, 0.25) is 5.91 Å². The van der Waals surface area contributed by atoms with E-state index in [1.54, 1.807) is 0 Å². The SMILES string of the molecule is Cc1ccc(-n2c(SCC(=O)Nc3c(C)cccc3C)nnc2-c2ccc(Cl)cc2)cc1. The zero-order valence-corrected chi connectivity index (χ0v) is 19.7. The molecule has 0 aliphatic rings. The van der Waals surface area contributed by atoms with E-state index in [0.29, 0.717) is 16.0 Å². The van der Waals surface area contributed by atoms with Gasteiger partial charge in [-0.25, -0.2) is 0 Å². The monoisotopic (exact) mass is 462 g/mol. The highest BCUT2D eigenvalue weighted by atomic mass is 35.5. The maximum Gasteiger partial charge on any atom is 0.234 e. The highest BCUT2D eigenvalue weighted by molar-refractivity contribution is 7.99. The van der Waals surface area contributed by atoms with E-state index >= 15 is 0 Å². The Morgan fingerprint density at radius 3 is 2.25 bits per heavy atom. The molecular formula is C25H23ClN4OS. The molecule has 5 nitrogen and oxygen atoms in total. The number of aryl methyl sites for hydroxylation is 3. The number of rotatable bonds is 6. The molecule has 0 fully saturated rings. The zero-order valence-electron chi connectivity index (χ0n) is 18.1. The van der Waals surface area contributed by atoms with Gasteiger partial charge in [0, 0.05) is 22.0 Å². The van der Waals surface area contributed by atoms with Gasteiger partial charge in [0.1, 0.15) is 0 Å². The second-order valence-electron chi connectivity index (χ2n) is 7.59. The van der Waals surface area contributed by atoms with Gasteiger partial charge in [0.25, 0.3) is 0 Å². The topological polar surface area (TPSA) is 59.8 Å². The zero-order chi connectivity index (χ0) is 22.7. The smallest absolute Gasteiger partial charge is 0.234 e. The number of thioether (sulfide) groups is 1. The van der Waals surface area contributed by atoms with Gasteiger partial charge >= 0.3 is 0 Å². The van der Waals surface area contributed by atoms with Crippen LogP contribution in [0.25, 0.3) is 17.1 Å². The van der Waals surface area contributed by atoms with Crippen molar-refractivity contribution in [3.8, 4) is 17.1 Å². The first-order chi connectivity index (χ1) is 15.4. The van der Waals surface area contributed by atoms with Crippen LogP contribution < -0.4 is 5.32 Å². The number of nitrogens with zero attached hydrogens (tertiary/aromatic N) is 3. The summed E-state index contributed by atoms with van der Waals surface area (Å²) in [5.41, 5.74) is 5.93. The molecule has 0 radical (unpaired) electrons. The molecule has 0 atom stereocenters. The van der Waals surface area contributed by atoms with Crippen molar-refractivity contribution in [1.29, 1.82) is 0 Å². The van der Waals surface area contributed by atoms with Crippen LogP contribution in [0.5, 0.6) is 0 Å². The number of halogens is 1. The lowest BCUT2D eigenvalue weighted by molar-refractivity contribution is -0.113. The predicted molar refractivity (Wildman–Crippen MR) is 132 cm³/mol. The molecule has 3 aromatic carbocycles. The van der Waals surface area contributed by atoms with Crippen molar-refractivity contribution in [3.63, 3.8) is 0 Å². The Hall–Kier alpha value is -3.09. The number of carbonyl (C=O) groups is 1.